The third kappa shape index (κ3) is 3.69. The molecule has 0 amide bonds. The normalized spacial score (nSPS) is 15.6. The third-order valence-corrected chi connectivity index (χ3v) is 5.35. The number of hydrogen-bond donors (Lipinski definition) is 0. The van der Waals surface area contributed by atoms with E-state index in [-0.39, 0.29) is 0 Å². The Morgan fingerprint density at radius 3 is 2.28 bits per heavy atom. The Morgan fingerprint density at radius 2 is 1.48 bits per heavy atom. The standard InChI is InChI=1S/C25H21N3O/c1-2-7-19(8-3-1)24-18-28(17-20-9-4-5-10-23(20)24)21-11-13-22(14-12-21)29-25-26-15-6-16-27-25/h1-16,24H,17-18H2. The zero-order valence-corrected chi connectivity index (χ0v) is 16.0. The fourth-order valence-electron chi connectivity index (χ4n) is 3.94. The summed E-state index contributed by atoms with van der Waals surface area (Å²) >= 11 is 0. The Bertz CT molecular complexity index is 1080. The zero-order valence-electron chi connectivity index (χ0n) is 16.0. The molecule has 1 aromatic heterocycles. The lowest BCUT2D eigenvalue weighted by molar-refractivity contribution is 0.441. The smallest absolute Gasteiger partial charge is 0.321 e. The minimum atomic E-state index is 0.356. The number of nitrogens with zero attached hydrogens (tertiary/aromatic N) is 3. The molecule has 1 aliphatic rings. The van der Waals surface area contributed by atoms with Crippen LogP contribution in [0.25, 0.3) is 0 Å². The van der Waals surface area contributed by atoms with Crippen LogP contribution in [0.2, 0.25) is 0 Å². The highest BCUT2D eigenvalue weighted by Crippen LogP contribution is 2.36. The lowest BCUT2D eigenvalue weighted by Crippen LogP contribution is -2.34. The average molecular weight is 379 g/mol. The maximum atomic E-state index is 5.73. The van der Waals surface area contributed by atoms with Gasteiger partial charge in [0.1, 0.15) is 5.75 Å². The van der Waals surface area contributed by atoms with Crippen molar-refractivity contribution in [1.29, 1.82) is 0 Å². The number of hydrogen-bond acceptors (Lipinski definition) is 4. The van der Waals surface area contributed by atoms with Crippen LogP contribution < -0.4 is 9.64 Å². The van der Waals surface area contributed by atoms with Crippen LogP contribution in [0.1, 0.15) is 22.6 Å². The van der Waals surface area contributed by atoms with Gasteiger partial charge in [0.25, 0.3) is 0 Å². The second kappa shape index (κ2) is 7.76. The van der Waals surface area contributed by atoms with Gasteiger partial charge in [-0.15, -0.1) is 0 Å². The van der Waals surface area contributed by atoms with E-state index in [0.29, 0.717) is 11.9 Å². The van der Waals surface area contributed by atoms with Gasteiger partial charge < -0.3 is 9.64 Å². The molecule has 1 aliphatic heterocycles. The number of aromatic nitrogens is 2. The van der Waals surface area contributed by atoms with Gasteiger partial charge in [0, 0.05) is 37.1 Å². The van der Waals surface area contributed by atoms with Crippen molar-refractivity contribution in [1.82, 2.24) is 9.97 Å². The fourth-order valence-corrected chi connectivity index (χ4v) is 3.94. The van der Waals surface area contributed by atoms with Crippen LogP contribution in [0.4, 0.5) is 5.69 Å². The lowest BCUT2D eigenvalue weighted by atomic mass is 9.84. The molecular weight excluding hydrogens is 358 g/mol. The molecule has 2 heterocycles. The Kier molecular flexibility index (Phi) is 4.67. The van der Waals surface area contributed by atoms with E-state index in [1.54, 1.807) is 18.5 Å². The molecule has 0 N–H and O–H groups in total. The van der Waals surface area contributed by atoms with Crippen molar-refractivity contribution in [2.45, 2.75) is 12.5 Å². The second-order valence-electron chi connectivity index (χ2n) is 7.17. The maximum absolute atomic E-state index is 5.73. The molecule has 4 heteroatoms. The van der Waals surface area contributed by atoms with E-state index in [4.69, 9.17) is 4.74 Å². The summed E-state index contributed by atoms with van der Waals surface area (Å²) in [6.07, 6.45) is 3.34. The van der Waals surface area contributed by atoms with Crippen molar-refractivity contribution < 1.29 is 4.74 Å². The second-order valence-corrected chi connectivity index (χ2v) is 7.17. The van der Waals surface area contributed by atoms with E-state index in [9.17, 15) is 0 Å². The lowest BCUT2D eigenvalue weighted by Gasteiger charge is -2.36. The fraction of sp³-hybridized carbons (Fsp3) is 0.120. The van der Waals surface area contributed by atoms with Crippen LogP contribution in [0.3, 0.4) is 0 Å². The van der Waals surface area contributed by atoms with E-state index in [1.807, 2.05) is 12.1 Å². The highest BCUT2D eigenvalue weighted by Gasteiger charge is 2.26. The number of ether oxygens (including phenoxy) is 1. The number of fused-ring (bicyclic) bond motifs is 1. The highest BCUT2D eigenvalue weighted by atomic mass is 16.5. The zero-order chi connectivity index (χ0) is 19.5. The topological polar surface area (TPSA) is 38.2 Å². The van der Waals surface area contributed by atoms with Crippen molar-refractivity contribution in [2.75, 3.05) is 11.4 Å². The summed E-state index contributed by atoms with van der Waals surface area (Å²) in [4.78, 5) is 10.7. The Morgan fingerprint density at radius 1 is 0.759 bits per heavy atom. The predicted octanol–water partition coefficient (Wildman–Crippen LogP) is 5.42. The summed E-state index contributed by atoms with van der Waals surface area (Å²) in [5.74, 6) is 1.09. The van der Waals surface area contributed by atoms with Crippen LogP contribution in [0.15, 0.2) is 97.3 Å². The molecule has 142 valence electrons. The van der Waals surface area contributed by atoms with E-state index < -0.39 is 0 Å². The SMILES string of the molecule is c1ccc(C2CN(c3ccc(Oc4ncccn4)cc3)Cc3ccccc32)cc1. The first kappa shape index (κ1) is 17.4. The van der Waals surface area contributed by atoms with E-state index in [2.05, 4.69) is 81.6 Å². The van der Waals surface area contributed by atoms with Crippen LogP contribution >= 0.6 is 0 Å². The highest BCUT2D eigenvalue weighted by molar-refractivity contribution is 5.54. The molecular formula is C25H21N3O. The molecule has 4 aromatic rings. The molecule has 4 nitrogen and oxygen atoms in total. The molecule has 0 fully saturated rings. The third-order valence-electron chi connectivity index (χ3n) is 5.35. The summed E-state index contributed by atoms with van der Waals surface area (Å²) in [6, 6.07) is 29.8. The van der Waals surface area contributed by atoms with Gasteiger partial charge in [-0.05, 0) is 47.0 Å². The first-order valence-corrected chi connectivity index (χ1v) is 9.79. The minimum Gasteiger partial charge on any atom is -0.424 e. The van der Waals surface area contributed by atoms with Gasteiger partial charge in [-0.2, -0.15) is 0 Å². The van der Waals surface area contributed by atoms with Crippen molar-refractivity contribution in [2.24, 2.45) is 0 Å². The summed E-state index contributed by atoms with van der Waals surface area (Å²) in [7, 11) is 0. The molecule has 0 radical (unpaired) electrons. The first-order valence-electron chi connectivity index (χ1n) is 9.79. The molecule has 3 aromatic carbocycles. The van der Waals surface area contributed by atoms with Crippen molar-refractivity contribution in [3.63, 3.8) is 0 Å². The van der Waals surface area contributed by atoms with E-state index in [0.717, 1.165) is 18.8 Å². The Hall–Kier alpha value is -3.66. The van der Waals surface area contributed by atoms with Crippen LogP contribution in [0, 0.1) is 0 Å². The number of rotatable bonds is 4. The van der Waals surface area contributed by atoms with Gasteiger partial charge in [-0.1, -0.05) is 54.6 Å². The quantitative estimate of drug-likeness (QED) is 0.474. The monoisotopic (exact) mass is 379 g/mol. The minimum absolute atomic E-state index is 0.356. The summed E-state index contributed by atoms with van der Waals surface area (Å²) in [5, 5.41) is 0. The van der Waals surface area contributed by atoms with Crippen molar-refractivity contribution in [3.8, 4) is 11.8 Å². The van der Waals surface area contributed by atoms with Gasteiger partial charge in [0.2, 0.25) is 0 Å². The molecule has 0 aliphatic carbocycles. The van der Waals surface area contributed by atoms with Gasteiger partial charge in [-0.3, -0.25) is 0 Å². The summed E-state index contributed by atoms with van der Waals surface area (Å²) in [6.45, 7) is 1.85. The molecule has 29 heavy (non-hydrogen) atoms. The average Bonchev–Trinajstić information content (AvgIpc) is 2.80. The Labute approximate surface area is 170 Å². The largest absolute Gasteiger partial charge is 0.424 e. The predicted molar refractivity (Wildman–Crippen MR) is 114 cm³/mol. The molecule has 0 saturated heterocycles. The van der Waals surface area contributed by atoms with Crippen LogP contribution in [0.5, 0.6) is 11.8 Å². The molecule has 0 saturated carbocycles. The van der Waals surface area contributed by atoms with Gasteiger partial charge in [0.15, 0.2) is 0 Å². The van der Waals surface area contributed by atoms with Crippen molar-refractivity contribution >= 4 is 5.69 Å². The van der Waals surface area contributed by atoms with Crippen LogP contribution in [-0.4, -0.2) is 16.5 Å². The number of anilines is 1. The molecule has 0 spiro atoms. The molecule has 5 rings (SSSR count). The van der Waals surface area contributed by atoms with E-state index >= 15 is 0 Å². The van der Waals surface area contributed by atoms with Gasteiger partial charge >= 0.3 is 6.01 Å². The molecule has 0 bridgehead atoms. The van der Waals surface area contributed by atoms with Crippen molar-refractivity contribution in [3.05, 3.63) is 114 Å². The summed E-state index contributed by atoms with van der Waals surface area (Å²) < 4.78 is 5.73. The first-order chi connectivity index (χ1) is 14.4. The van der Waals surface area contributed by atoms with Crippen LogP contribution in [-0.2, 0) is 6.54 Å². The maximum Gasteiger partial charge on any atom is 0.321 e. The van der Waals surface area contributed by atoms with E-state index in [1.165, 1.54) is 22.4 Å². The molecule has 1 atom stereocenters. The van der Waals surface area contributed by atoms with Gasteiger partial charge in [0.05, 0.1) is 0 Å². The Balaban J connectivity index is 1.41. The number of benzene rings is 3. The summed E-state index contributed by atoms with van der Waals surface area (Å²) in [5.41, 5.74) is 5.34. The van der Waals surface area contributed by atoms with Gasteiger partial charge in [-0.25, -0.2) is 9.97 Å². The molecule has 1 unspecified atom stereocenters.